The van der Waals surface area contributed by atoms with Gasteiger partial charge in [-0.3, -0.25) is 19.7 Å². The van der Waals surface area contributed by atoms with Crippen LogP contribution >= 0.6 is 0 Å². The molecule has 0 heterocycles. The van der Waals surface area contributed by atoms with Crippen LogP contribution < -0.4 is 10.6 Å². The summed E-state index contributed by atoms with van der Waals surface area (Å²) in [5.74, 6) is -1.46. The summed E-state index contributed by atoms with van der Waals surface area (Å²) in [5.41, 5.74) is -1.46. The van der Waals surface area contributed by atoms with E-state index in [-0.39, 0.29) is 12.2 Å². The standard InChI is InChI=1S/C18H16F3N3O5/c19-18(20,21)13-6-7-14(15(8-13)24(27)28)22-10-17(26)29-11-16(25)23-9-12-4-2-1-3-5-12/h1-8,22H,9-11H2,(H,23,25). The average Bonchev–Trinajstić information content (AvgIpc) is 2.69. The van der Waals surface area contributed by atoms with Crippen molar-refractivity contribution in [3.63, 3.8) is 0 Å². The van der Waals surface area contributed by atoms with Crippen molar-refractivity contribution in [1.82, 2.24) is 5.32 Å². The summed E-state index contributed by atoms with van der Waals surface area (Å²) >= 11 is 0. The van der Waals surface area contributed by atoms with Crippen LogP contribution in [0, 0.1) is 10.1 Å². The van der Waals surface area contributed by atoms with Crippen molar-refractivity contribution in [2.75, 3.05) is 18.5 Å². The second-order valence-corrected chi connectivity index (χ2v) is 5.76. The Kier molecular flexibility index (Phi) is 7.12. The Morgan fingerprint density at radius 3 is 2.41 bits per heavy atom. The molecule has 1 amide bonds. The molecule has 0 saturated carbocycles. The highest BCUT2D eigenvalue weighted by Gasteiger charge is 2.33. The number of esters is 1. The van der Waals surface area contributed by atoms with Gasteiger partial charge in [-0.05, 0) is 17.7 Å². The van der Waals surface area contributed by atoms with Crippen LogP contribution in [0.5, 0.6) is 0 Å². The van der Waals surface area contributed by atoms with E-state index in [0.29, 0.717) is 12.1 Å². The number of amides is 1. The van der Waals surface area contributed by atoms with E-state index in [1.807, 2.05) is 6.07 Å². The van der Waals surface area contributed by atoms with Crippen LogP contribution in [0.2, 0.25) is 0 Å². The van der Waals surface area contributed by atoms with Crippen LogP contribution in [0.25, 0.3) is 0 Å². The number of hydrogen-bond donors (Lipinski definition) is 2. The molecule has 2 rings (SSSR count). The number of benzene rings is 2. The molecule has 0 bridgehead atoms. The van der Waals surface area contributed by atoms with Gasteiger partial charge in [-0.2, -0.15) is 13.2 Å². The van der Waals surface area contributed by atoms with Crippen LogP contribution in [-0.4, -0.2) is 30.0 Å². The molecule has 8 nitrogen and oxygen atoms in total. The lowest BCUT2D eigenvalue weighted by Crippen LogP contribution is -2.29. The number of nitrogens with one attached hydrogen (secondary N) is 2. The summed E-state index contributed by atoms with van der Waals surface area (Å²) in [5, 5.41) is 15.9. The van der Waals surface area contributed by atoms with E-state index >= 15 is 0 Å². The van der Waals surface area contributed by atoms with Gasteiger partial charge in [-0.1, -0.05) is 30.3 Å². The predicted octanol–water partition coefficient (Wildman–Crippen LogP) is 2.89. The molecule has 0 aliphatic heterocycles. The van der Waals surface area contributed by atoms with Gasteiger partial charge in [0.15, 0.2) is 6.61 Å². The molecule has 0 fully saturated rings. The van der Waals surface area contributed by atoms with Gasteiger partial charge in [-0.25, -0.2) is 0 Å². The van der Waals surface area contributed by atoms with E-state index in [2.05, 4.69) is 10.6 Å². The molecule has 11 heteroatoms. The first-order valence-corrected chi connectivity index (χ1v) is 8.22. The van der Waals surface area contributed by atoms with Gasteiger partial charge in [0.25, 0.3) is 11.6 Å². The van der Waals surface area contributed by atoms with Gasteiger partial charge in [0, 0.05) is 12.6 Å². The van der Waals surface area contributed by atoms with Crippen LogP contribution in [0.3, 0.4) is 0 Å². The van der Waals surface area contributed by atoms with Gasteiger partial charge < -0.3 is 15.4 Å². The van der Waals surface area contributed by atoms with Crippen molar-refractivity contribution < 1.29 is 32.4 Å². The fourth-order valence-electron chi connectivity index (χ4n) is 2.22. The minimum atomic E-state index is -4.74. The molecule has 0 atom stereocenters. The van der Waals surface area contributed by atoms with Crippen LogP contribution in [0.1, 0.15) is 11.1 Å². The lowest BCUT2D eigenvalue weighted by molar-refractivity contribution is -0.384. The Morgan fingerprint density at radius 1 is 1.10 bits per heavy atom. The van der Waals surface area contributed by atoms with Crippen molar-refractivity contribution in [3.8, 4) is 0 Å². The quantitative estimate of drug-likeness (QED) is 0.393. The molecule has 29 heavy (non-hydrogen) atoms. The molecule has 0 aromatic heterocycles. The average molecular weight is 411 g/mol. The smallest absolute Gasteiger partial charge is 0.416 e. The maximum Gasteiger partial charge on any atom is 0.416 e. The van der Waals surface area contributed by atoms with Crippen molar-refractivity contribution in [2.45, 2.75) is 12.7 Å². The number of carbonyl (C=O) groups excluding carboxylic acids is 2. The number of alkyl halides is 3. The van der Waals surface area contributed by atoms with Gasteiger partial charge in [0.05, 0.1) is 10.5 Å². The van der Waals surface area contributed by atoms with E-state index in [1.54, 1.807) is 24.3 Å². The monoisotopic (exact) mass is 411 g/mol. The first kappa shape index (κ1) is 21.7. The third-order valence-electron chi connectivity index (χ3n) is 3.64. The first-order chi connectivity index (χ1) is 13.7. The number of nitrogens with zero attached hydrogens (tertiary/aromatic N) is 1. The summed E-state index contributed by atoms with van der Waals surface area (Å²) in [6.45, 7) is -0.895. The fraction of sp³-hybridized carbons (Fsp3) is 0.222. The van der Waals surface area contributed by atoms with Gasteiger partial charge in [0.2, 0.25) is 0 Å². The van der Waals surface area contributed by atoms with E-state index in [0.717, 1.165) is 11.6 Å². The topological polar surface area (TPSA) is 111 Å². The second-order valence-electron chi connectivity index (χ2n) is 5.76. The number of nitro benzene ring substituents is 1. The Labute approximate surface area is 162 Å². The highest BCUT2D eigenvalue weighted by Crippen LogP contribution is 2.34. The molecule has 154 valence electrons. The second kappa shape index (κ2) is 9.53. The van der Waals surface area contributed by atoms with Crippen LogP contribution in [0.4, 0.5) is 24.5 Å². The zero-order valence-corrected chi connectivity index (χ0v) is 14.9. The van der Waals surface area contributed by atoms with Crippen molar-refractivity contribution in [2.24, 2.45) is 0 Å². The molecule has 2 N–H and O–H groups in total. The van der Waals surface area contributed by atoms with Crippen molar-refractivity contribution in [1.29, 1.82) is 0 Å². The maximum absolute atomic E-state index is 12.7. The molecule has 0 unspecified atom stereocenters. The number of rotatable bonds is 8. The Bertz CT molecular complexity index is 888. The molecule has 0 saturated heterocycles. The largest absolute Gasteiger partial charge is 0.454 e. The highest BCUT2D eigenvalue weighted by atomic mass is 19.4. The van der Waals surface area contributed by atoms with Crippen molar-refractivity contribution >= 4 is 23.3 Å². The predicted molar refractivity (Wildman–Crippen MR) is 95.8 cm³/mol. The molecule has 0 radical (unpaired) electrons. The van der Waals surface area contributed by atoms with E-state index in [1.165, 1.54) is 0 Å². The Hall–Kier alpha value is -3.63. The minimum absolute atomic E-state index is 0.243. The normalized spacial score (nSPS) is 10.9. The zero-order chi connectivity index (χ0) is 21.4. The van der Waals surface area contributed by atoms with Crippen molar-refractivity contribution in [3.05, 3.63) is 69.8 Å². The van der Waals surface area contributed by atoms with E-state index in [9.17, 15) is 32.9 Å². The minimum Gasteiger partial charge on any atom is -0.454 e. The fourth-order valence-corrected chi connectivity index (χ4v) is 2.22. The lowest BCUT2D eigenvalue weighted by atomic mass is 10.1. The van der Waals surface area contributed by atoms with E-state index in [4.69, 9.17) is 4.74 Å². The summed E-state index contributed by atoms with van der Waals surface area (Å²) in [7, 11) is 0. The molecule has 0 spiro atoms. The SMILES string of the molecule is O=C(COC(=O)CNc1ccc(C(F)(F)F)cc1[N+](=O)[O-])NCc1ccccc1. The van der Waals surface area contributed by atoms with Gasteiger partial charge in [-0.15, -0.1) is 0 Å². The first-order valence-electron chi connectivity index (χ1n) is 8.22. The Balaban J connectivity index is 1.84. The zero-order valence-electron chi connectivity index (χ0n) is 14.9. The maximum atomic E-state index is 12.7. The number of hydrogen-bond acceptors (Lipinski definition) is 6. The number of ether oxygens (including phenoxy) is 1. The summed E-state index contributed by atoms with van der Waals surface area (Å²) in [4.78, 5) is 33.3. The summed E-state index contributed by atoms with van der Waals surface area (Å²) in [6.07, 6.45) is -4.74. The molecular weight excluding hydrogens is 395 g/mol. The Morgan fingerprint density at radius 2 is 1.79 bits per heavy atom. The van der Waals surface area contributed by atoms with E-state index < -0.39 is 47.4 Å². The molecule has 2 aromatic carbocycles. The number of halogens is 3. The lowest BCUT2D eigenvalue weighted by Gasteiger charge is -2.10. The number of anilines is 1. The molecule has 2 aromatic rings. The van der Waals surface area contributed by atoms with Gasteiger partial charge in [0.1, 0.15) is 12.2 Å². The summed E-state index contributed by atoms with van der Waals surface area (Å²) < 4.78 is 42.7. The molecule has 0 aliphatic carbocycles. The third kappa shape index (κ3) is 6.79. The van der Waals surface area contributed by atoms with Gasteiger partial charge >= 0.3 is 12.1 Å². The molecule has 0 aliphatic rings. The van der Waals surface area contributed by atoms with Crippen LogP contribution in [-0.2, 0) is 27.0 Å². The van der Waals surface area contributed by atoms with Crippen LogP contribution in [0.15, 0.2) is 48.5 Å². The highest BCUT2D eigenvalue weighted by molar-refractivity contribution is 5.82. The summed E-state index contributed by atoms with van der Waals surface area (Å²) in [6, 6.07) is 10.9. The number of nitro groups is 1. The molecular formula is C18H16F3N3O5. The number of carbonyl (C=O) groups is 2. The third-order valence-corrected chi connectivity index (χ3v) is 3.64.